The maximum atomic E-state index is 13.6. The van der Waals surface area contributed by atoms with Gasteiger partial charge in [-0.1, -0.05) is 41.3 Å². The summed E-state index contributed by atoms with van der Waals surface area (Å²) < 4.78 is 19.9. The van der Waals surface area contributed by atoms with Gasteiger partial charge in [0.05, 0.1) is 11.4 Å². The first-order valence-corrected chi connectivity index (χ1v) is 10.2. The number of ether oxygens (including phenoxy) is 1. The Balaban J connectivity index is 1.44. The van der Waals surface area contributed by atoms with E-state index in [0.717, 1.165) is 31.1 Å². The lowest BCUT2D eigenvalue weighted by atomic mass is 10.2. The standard InChI is InChI=1S/C17H21FN4O2S2/c1-11(15(23)19-9-12-5-2-3-7-14(12)18)25-17-22-21-16(26-17)20-10-13-6-4-8-24-13/h2-3,5,7,11,13H,4,6,8-10H2,1H3,(H,19,23)(H,20,21). The highest BCUT2D eigenvalue weighted by Crippen LogP contribution is 2.29. The molecule has 1 fully saturated rings. The summed E-state index contributed by atoms with van der Waals surface area (Å²) in [6, 6.07) is 6.41. The molecular weight excluding hydrogens is 375 g/mol. The smallest absolute Gasteiger partial charge is 0.233 e. The Labute approximate surface area is 159 Å². The lowest BCUT2D eigenvalue weighted by Crippen LogP contribution is -2.30. The van der Waals surface area contributed by atoms with E-state index in [1.807, 2.05) is 0 Å². The largest absolute Gasteiger partial charge is 0.376 e. The van der Waals surface area contributed by atoms with Crippen molar-refractivity contribution in [1.82, 2.24) is 15.5 Å². The van der Waals surface area contributed by atoms with E-state index < -0.39 is 0 Å². The molecule has 1 aromatic carbocycles. The number of thioether (sulfide) groups is 1. The van der Waals surface area contributed by atoms with Gasteiger partial charge in [0, 0.05) is 25.3 Å². The Morgan fingerprint density at radius 3 is 3.08 bits per heavy atom. The molecule has 2 heterocycles. The lowest BCUT2D eigenvalue weighted by molar-refractivity contribution is -0.120. The molecule has 2 aromatic rings. The average molecular weight is 397 g/mol. The predicted octanol–water partition coefficient (Wildman–Crippen LogP) is 3.07. The number of carbonyl (C=O) groups excluding carboxylic acids is 1. The molecule has 1 aliphatic heterocycles. The summed E-state index contributed by atoms with van der Waals surface area (Å²) in [5, 5.41) is 14.6. The van der Waals surface area contributed by atoms with Crippen LogP contribution in [0.5, 0.6) is 0 Å². The number of nitrogens with zero attached hydrogens (tertiary/aromatic N) is 2. The second-order valence-electron chi connectivity index (χ2n) is 5.96. The van der Waals surface area contributed by atoms with Gasteiger partial charge in [0.1, 0.15) is 5.82 Å². The molecule has 3 rings (SSSR count). The van der Waals surface area contributed by atoms with Crippen molar-refractivity contribution < 1.29 is 13.9 Å². The third kappa shape index (κ3) is 5.39. The van der Waals surface area contributed by atoms with Crippen molar-refractivity contribution in [3.8, 4) is 0 Å². The van der Waals surface area contributed by atoms with Crippen LogP contribution in [0.1, 0.15) is 25.3 Å². The predicted molar refractivity (Wildman–Crippen MR) is 101 cm³/mol. The minimum Gasteiger partial charge on any atom is -0.376 e. The third-order valence-electron chi connectivity index (χ3n) is 3.97. The van der Waals surface area contributed by atoms with Crippen LogP contribution in [0, 0.1) is 5.82 Å². The quantitative estimate of drug-likeness (QED) is 0.668. The summed E-state index contributed by atoms with van der Waals surface area (Å²) in [4.78, 5) is 12.2. The van der Waals surface area contributed by atoms with E-state index in [1.54, 1.807) is 25.1 Å². The van der Waals surface area contributed by atoms with E-state index in [0.29, 0.717) is 9.90 Å². The van der Waals surface area contributed by atoms with Crippen molar-refractivity contribution in [2.45, 2.75) is 42.0 Å². The van der Waals surface area contributed by atoms with Crippen LogP contribution in [0.2, 0.25) is 0 Å². The molecule has 1 aliphatic rings. The molecule has 0 saturated carbocycles. The van der Waals surface area contributed by atoms with Crippen LogP contribution in [-0.2, 0) is 16.1 Å². The Kier molecular flexibility index (Phi) is 6.81. The van der Waals surface area contributed by atoms with E-state index in [4.69, 9.17) is 4.74 Å². The Hall–Kier alpha value is -1.71. The highest BCUT2D eigenvalue weighted by molar-refractivity contribution is 8.02. The van der Waals surface area contributed by atoms with Gasteiger partial charge in [-0.3, -0.25) is 4.79 Å². The summed E-state index contributed by atoms with van der Waals surface area (Å²) in [5.41, 5.74) is 0.467. The van der Waals surface area contributed by atoms with Crippen molar-refractivity contribution in [3.05, 3.63) is 35.6 Å². The van der Waals surface area contributed by atoms with Crippen LogP contribution in [0.4, 0.5) is 9.52 Å². The second kappa shape index (κ2) is 9.29. The van der Waals surface area contributed by atoms with Crippen LogP contribution in [0.15, 0.2) is 28.6 Å². The molecule has 26 heavy (non-hydrogen) atoms. The minimum atomic E-state index is -0.347. The van der Waals surface area contributed by atoms with Gasteiger partial charge in [0.25, 0.3) is 0 Å². The number of hydrogen-bond acceptors (Lipinski definition) is 7. The molecule has 0 radical (unpaired) electrons. The number of halogens is 1. The summed E-state index contributed by atoms with van der Waals surface area (Å²) in [7, 11) is 0. The summed E-state index contributed by atoms with van der Waals surface area (Å²) >= 11 is 2.75. The van der Waals surface area contributed by atoms with Crippen LogP contribution >= 0.6 is 23.1 Å². The molecule has 6 nitrogen and oxygen atoms in total. The molecule has 0 bridgehead atoms. The van der Waals surface area contributed by atoms with Crippen LogP contribution < -0.4 is 10.6 Å². The normalized spacial score (nSPS) is 17.8. The van der Waals surface area contributed by atoms with Gasteiger partial charge in [-0.2, -0.15) is 0 Å². The van der Waals surface area contributed by atoms with Crippen molar-refractivity contribution in [2.24, 2.45) is 0 Å². The van der Waals surface area contributed by atoms with Gasteiger partial charge in [-0.05, 0) is 25.8 Å². The molecule has 0 spiro atoms. The first-order chi connectivity index (χ1) is 12.6. The molecule has 2 N–H and O–H groups in total. The maximum Gasteiger partial charge on any atom is 0.233 e. The molecule has 1 aromatic heterocycles. The Morgan fingerprint density at radius 1 is 1.46 bits per heavy atom. The number of anilines is 1. The topological polar surface area (TPSA) is 76.1 Å². The highest BCUT2D eigenvalue weighted by Gasteiger charge is 2.19. The van der Waals surface area contributed by atoms with Gasteiger partial charge in [0.2, 0.25) is 11.0 Å². The maximum absolute atomic E-state index is 13.6. The fraction of sp³-hybridized carbons (Fsp3) is 0.471. The lowest BCUT2D eigenvalue weighted by Gasteiger charge is -2.10. The zero-order valence-corrected chi connectivity index (χ0v) is 16.0. The number of amides is 1. The van der Waals surface area contributed by atoms with Gasteiger partial charge >= 0.3 is 0 Å². The SMILES string of the molecule is CC(Sc1nnc(NCC2CCCO2)s1)C(=O)NCc1ccccc1F. The molecule has 1 amide bonds. The minimum absolute atomic E-state index is 0.165. The van der Waals surface area contributed by atoms with E-state index in [1.165, 1.54) is 29.2 Å². The molecular formula is C17H21FN4O2S2. The summed E-state index contributed by atoms with van der Waals surface area (Å²) in [5.74, 6) is -0.485. The molecule has 1 saturated heterocycles. The Morgan fingerprint density at radius 2 is 2.31 bits per heavy atom. The first kappa shape index (κ1) is 19.1. The van der Waals surface area contributed by atoms with Crippen molar-refractivity contribution in [2.75, 3.05) is 18.5 Å². The second-order valence-corrected chi connectivity index (χ2v) is 8.52. The first-order valence-electron chi connectivity index (χ1n) is 8.48. The third-order valence-corrected chi connectivity index (χ3v) is 6.03. The van der Waals surface area contributed by atoms with Gasteiger partial charge in [-0.15, -0.1) is 10.2 Å². The van der Waals surface area contributed by atoms with Crippen molar-refractivity contribution >= 4 is 34.1 Å². The van der Waals surface area contributed by atoms with E-state index in [-0.39, 0.29) is 29.6 Å². The number of aromatic nitrogens is 2. The molecule has 140 valence electrons. The van der Waals surface area contributed by atoms with E-state index in [2.05, 4.69) is 20.8 Å². The number of carbonyl (C=O) groups is 1. The van der Waals surface area contributed by atoms with Gasteiger partial charge < -0.3 is 15.4 Å². The zero-order chi connectivity index (χ0) is 18.4. The number of benzene rings is 1. The number of nitrogens with one attached hydrogen (secondary N) is 2. The van der Waals surface area contributed by atoms with Crippen LogP contribution in [-0.4, -0.2) is 40.6 Å². The molecule has 2 unspecified atom stereocenters. The van der Waals surface area contributed by atoms with Crippen LogP contribution in [0.3, 0.4) is 0 Å². The number of rotatable bonds is 8. The monoisotopic (exact) mass is 396 g/mol. The fourth-order valence-corrected chi connectivity index (χ4v) is 4.44. The average Bonchev–Trinajstić information content (AvgIpc) is 3.30. The van der Waals surface area contributed by atoms with Crippen molar-refractivity contribution in [1.29, 1.82) is 0 Å². The summed E-state index contributed by atoms with van der Waals surface area (Å²) in [6.45, 7) is 3.50. The molecule has 2 atom stereocenters. The molecule has 9 heteroatoms. The van der Waals surface area contributed by atoms with E-state index >= 15 is 0 Å². The zero-order valence-electron chi connectivity index (χ0n) is 14.4. The fourth-order valence-electron chi connectivity index (χ4n) is 2.51. The summed E-state index contributed by atoms with van der Waals surface area (Å²) in [6.07, 6.45) is 2.40. The van der Waals surface area contributed by atoms with Gasteiger partial charge in [0.15, 0.2) is 4.34 Å². The Bertz CT molecular complexity index is 737. The molecule has 0 aliphatic carbocycles. The number of hydrogen-bond donors (Lipinski definition) is 2. The van der Waals surface area contributed by atoms with Crippen molar-refractivity contribution in [3.63, 3.8) is 0 Å². The van der Waals surface area contributed by atoms with E-state index in [9.17, 15) is 9.18 Å². The van der Waals surface area contributed by atoms with Gasteiger partial charge in [-0.25, -0.2) is 4.39 Å². The highest BCUT2D eigenvalue weighted by atomic mass is 32.2. The van der Waals surface area contributed by atoms with Crippen LogP contribution in [0.25, 0.3) is 0 Å².